The normalized spacial score (nSPS) is 20.8. The van der Waals surface area contributed by atoms with E-state index in [1.54, 1.807) is 6.20 Å². The summed E-state index contributed by atoms with van der Waals surface area (Å²) in [6.45, 7) is 8.19. The van der Waals surface area contributed by atoms with Crippen molar-refractivity contribution in [2.24, 2.45) is 7.05 Å². The molecule has 0 amide bonds. The number of rotatable bonds is 1. The molecule has 1 aliphatic heterocycles. The van der Waals surface area contributed by atoms with Gasteiger partial charge in [0.1, 0.15) is 5.15 Å². The topological polar surface area (TPSA) is 36.3 Å². The molecule has 0 saturated carbocycles. The second kappa shape index (κ2) is 4.23. The highest BCUT2D eigenvalue weighted by molar-refractivity contribution is 6.65. The summed E-state index contributed by atoms with van der Waals surface area (Å²) in [5.41, 5.74) is 1.30. The minimum Gasteiger partial charge on any atom is -0.399 e. The van der Waals surface area contributed by atoms with Crippen molar-refractivity contribution in [3.63, 3.8) is 0 Å². The maximum Gasteiger partial charge on any atom is 0.497 e. The highest BCUT2D eigenvalue weighted by Crippen LogP contribution is 2.37. The van der Waals surface area contributed by atoms with Crippen LogP contribution in [0.4, 0.5) is 0 Å². The number of nitrogens with zero attached hydrogens (tertiary/aromatic N) is 2. The number of hydrogen-bond acceptors (Lipinski definition) is 3. The summed E-state index contributed by atoms with van der Waals surface area (Å²) in [5, 5.41) is 1.49. The minimum atomic E-state index is -0.387. The molecule has 0 aliphatic carbocycles. The number of aromatic nitrogens is 2. The Morgan fingerprint density at radius 1 is 1.20 bits per heavy atom. The van der Waals surface area contributed by atoms with Crippen LogP contribution in [-0.4, -0.2) is 27.9 Å². The monoisotopic (exact) mass is 292 g/mol. The van der Waals surface area contributed by atoms with Gasteiger partial charge in [0.15, 0.2) is 0 Å². The molecule has 2 aromatic heterocycles. The fourth-order valence-electron chi connectivity index (χ4n) is 2.44. The van der Waals surface area contributed by atoms with Crippen molar-refractivity contribution < 1.29 is 9.31 Å². The number of halogens is 1. The molecule has 1 fully saturated rings. The lowest BCUT2D eigenvalue weighted by Gasteiger charge is -2.32. The molecule has 6 heteroatoms. The van der Waals surface area contributed by atoms with Crippen LogP contribution in [-0.2, 0) is 16.4 Å². The van der Waals surface area contributed by atoms with Crippen LogP contribution in [0.15, 0.2) is 18.5 Å². The molecule has 2 aromatic rings. The molecule has 3 rings (SSSR count). The molecular weight excluding hydrogens is 274 g/mol. The SMILES string of the molecule is Cn1cc(B2OC(C)(C)C(C)(C)O2)c2cc(Cl)ncc21. The molecule has 1 aliphatic rings. The van der Waals surface area contributed by atoms with Gasteiger partial charge in [-0.2, -0.15) is 0 Å². The summed E-state index contributed by atoms with van der Waals surface area (Å²) >= 11 is 6.02. The number of pyridine rings is 1. The van der Waals surface area contributed by atoms with Crippen LogP contribution in [0.5, 0.6) is 0 Å². The Morgan fingerprint density at radius 3 is 2.40 bits per heavy atom. The van der Waals surface area contributed by atoms with Gasteiger partial charge in [0.05, 0.1) is 22.9 Å². The molecule has 1 saturated heterocycles. The summed E-state index contributed by atoms with van der Waals surface area (Å²) in [7, 11) is 1.59. The van der Waals surface area contributed by atoms with E-state index in [9.17, 15) is 0 Å². The van der Waals surface area contributed by atoms with Crippen molar-refractivity contribution in [2.75, 3.05) is 0 Å². The maximum absolute atomic E-state index is 6.11. The molecule has 0 bridgehead atoms. The zero-order chi connectivity index (χ0) is 14.7. The fourth-order valence-corrected chi connectivity index (χ4v) is 2.60. The minimum absolute atomic E-state index is 0.351. The van der Waals surface area contributed by atoms with Crippen molar-refractivity contribution in [2.45, 2.75) is 38.9 Å². The Labute approximate surface area is 124 Å². The van der Waals surface area contributed by atoms with Crippen LogP contribution in [0.25, 0.3) is 10.9 Å². The average molecular weight is 293 g/mol. The van der Waals surface area contributed by atoms with Crippen LogP contribution >= 0.6 is 11.6 Å². The molecule has 0 unspecified atom stereocenters. The van der Waals surface area contributed by atoms with Gasteiger partial charge in [0.25, 0.3) is 0 Å². The predicted octanol–water partition coefficient (Wildman–Crippen LogP) is 2.53. The Morgan fingerprint density at radius 2 is 1.80 bits per heavy atom. The van der Waals surface area contributed by atoms with E-state index in [0.717, 1.165) is 16.4 Å². The van der Waals surface area contributed by atoms with E-state index in [2.05, 4.69) is 4.98 Å². The molecule has 106 valence electrons. The summed E-state index contributed by atoms with van der Waals surface area (Å²) in [6, 6.07) is 1.86. The predicted molar refractivity (Wildman–Crippen MR) is 81.4 cm³/mol. The van der Waals surface area contributed by atoms with E-state index in [1.807, 2.05) is 51.6 Å². The summed E-state index contributed by atoms with van der Waals surface area (Å²) in [4.78, 5) is 4.13. The quantitative estimate of drug-likeness (QED) is 0.598. The largest absolute Gasteiger partial charge is 0.497 e. The Balaban J connectivity index is 2.10. The Hall–Kier alpha value is -1.04. The van der Waals surface area contributed by atoms with Crippen molar-refractivity contribution in [1.29, 1.82) is 0 Å². The highest BCUT2D eigenvalue weighted by Gasteiger charge is 2.52. The molecule has 0 N–H and O–H groups in total. The van der Waals surface area contributed by atoms with Crippen LogP contribution in [0.2, 0.25) is 5.15 Å². The van der Waals surface area contributed by atoms with Gasteiger partial charge in [-0.3, -0.25) is 0 Å². The van der Waals surface area contributed by atoms with Crippen molar-refractivity contribution in [3.05, 3.63) is 23.6 Å². The van der Waals surface area contributed by atoms with Crippen LogP contribution < -0.4 is 5.46 Å². The smallest absolute Gasteiger partial charge is 0.399 e. The fraction of sp³-hybridized carbons (Fsp3) is 0.500. The first kappa shape index (κ1) is 13.9. The standard InChI is InChI=1S/C14H18BClN2O2/c1-13(2)14(3,4)20-15(19-13)10-8-18(5)11-7-17-12(16)6-9(10)11/h6-8H,1-5H3. The van der Waals surface area contributed by atoms with E-state index >= 15 is 0 Å². The van der Waals surface area contributed by atoms with Crippen molar-refractivity contribution in [3.8, 4) is 0 Å². The summed E-state index contributed by atoms with van der Waals surface area (Å²) in [5.74, 6) is 0. The molecule has 20 heavy (non-hydrogen) atoms. The van der Waals surface area contributed by atoms with E-state index < -0.39 is 0 Å². The first-order valence-corrected chi connectivity index (χ1v) is 7.05. The number of aryl methyl sites for hydroxylation is 1. The summed E-state index contributed by atoms with van der Waals surface area (Å²) in [6.07, 6.45) is 3.79. The third-order valence-electron chi connectivity index (χ3n) is 4.38. The molecular formula is C14H18BClN2O2. The van der Waals surface area contributed by atoms with Gasteiger partial charge in [-0.25, -0.2) is 4.98 Å². The third-order valence-corrected chi connectivity index (χ3v) is 4.59. The van der Waals surface area contributed by atoms with Gasteiger partial charge in [-0.05, 0) is 33.8 Å². The zero-order valence-corrected chi connectivity index (χ0v) is 13.2. The molecule has 3 heterocycles. The maximum atomic E-state index is 6.11. The van der Waals surface area contributed by atoms with Crippen LogP contribution in [0.1, 0.15) is 27.7 Å². The lowest BCUT2D eigenvalue weighted by molar-refractivity contribution is 0.00578. The van der Waals surface area contributed by atoms with E-state index in [0.29, 0.717) is 5.15 Å². The first-order valence-electron chi connectivity index (χ1n) is 6.67. The van der Waals surface area contributed by atoms with Gasteiger partial charge in [0, 0.05) is 24.1 Å². The van der Waals surface area contributed by atoms with Gasteiger partial charge in [0.2, 0.25) is 0 Å². The summed E-state index contributed by atoms with van der Waals surface area (Å²) < 4.78 is 14.2. The first-order chi connectivity index (χ1) is 9.21. The van der Waals surface area contributed by atoms with Crippen LogP contribution in [0, 0.1) is 0 Å². The molecule has 0 aromatic carbocycles. The number of hydrogen-bond donors (Lipinski definition) is 0. The second-order valence-corrected chi connectivity index (χ2v) is 6.70. The molecule has 4 nitrogen and oxygen atoms in total. The van der Waals surface area contributed by atoms with E-state index in [4.69, 9.17) is 20.9 Å². The Bertz CT molecular complexity index is 665. The third kappa shape index (κ3) is 1.96. The second-order valence-electron chi connectivity index (χ2n) is 6.31. The lowest BCUT2D eigenvalue weighted by Crippen LogP contribution is -2.41. The van der Waals surface area contributed by atoms with Crippen LogP contribution in [0.3, 0.4) is 0 Å². The van der Waals surface area contributed by atoms with E-state index in [-0.39, 0.29) is 18.3 Å². The molecule has 0 spiro atoms. The lowest BCUT2D eigenvalue weighted by atomic mass is 9.79. The van der Waals surface area contributed by atoms with Gasteiger partial charge in [-0.15, -0.1) is 0 Å². The van der Waals surface area contributed by atoms with Gasteiger partial charge in [-0.1, -0.05) is 11.6 Å². The van der Waals surface area contributed by atoms with E-state index in [1.165, 1.54) is 0 Å². The van der Waals surface area contributed by atoms with Gasteiger partial charge >= 0.3 is 7.12 Å². The van der Waals surface area contributed by atoms with Crippen molar-refractivity contribution >= 4 is 35.1 Å². The molecule has 0 atom stereocenters. The van der Waals surface area contributed by atoms with Gasteiger partial charge < -0.3 is 13.9 Å². The Kier molecular flexibility index (Phi) is 2.94. The van der Waals surface area contributed by atoms with Crippen molar-refractivity contribution in [1.82, 2.24) is 9.55 Å². The zero-order valence-electron chi connectivity index (χ0n) is 12.4. The highest BCUT2D eigenvalue weighted by atomic mass is 35.5. The average Bonchev–Trinajstić information content (AvgIpc) is 2.74. The molecule has 0 radical (unpaired) electrons. The number of fused-ring (bicyclic) bond motifs is 1.